The van der Waals surface area contributed by atoms with Gasteiger partial charge in [0.15, 0.2) is 0 Å². The molecule has 0 unspecified atom stereocenters. The summed E-state index contributed by atoms with van der Waals surface area (Å²) >= 11 is 0. The Labute approximate surface area is 170 Å². The number of nitrogens with zero attached hydrogens (tertiary/aromatic N) is 2. The van der Waals surface area contributed by atoms with Gasteiger partial charge in [-0.25, -0.2) is 0 Å². The van der Waals surface area contributed by atoms with Crippen LogP contribution in [0.2, 0.25) is 0 Å². The molecule has 4 rings (SSSR count). The lowest BCUT2D eigenvalue weighted by Gasteiger charge is -2.31. The zero-order valence-electron chi connectivity index (χ0n) is 16.5. The van der Waals surface area contributed by atoms with Gasteiger partial charge in [0.2, 0.25) is 5.91 Å². The predicted octanol–water partition coefficient (Wildman–Crippen LogP) is 2.99. The predicted molar refractivity (Wildman–Crippen MR) is 112 cm³/mol. The number of carbonyl (C=O) groups is 2. The van der Waals surface area contributed by atoms with Crippen LogP contribution >= 0.6 is 0 Å². The van der Waals surface area contributed by atoms with E-state index in [4.69, 9.17) is 4.74 Å². The van der Waals surface area contributed by atoms with Crippen LogP contribution in [0.25, 0.3) is 10.9 Å². The second-order valence-corrected chi connectivity index (χ2v) is 7.10. The number of benzene rings is 2. The summed E-state index contributed by atoms with van der Waals surface area (Å²) in [5, 5.41) is 3.88. The summed E-state index contributed by atoms with van der Waals surface area (Å²) in [6.07, 6.45) is 1.86. The molecular formula is C23H25N3O3. The van der Waals surface area contributed by atoms with Crippen LogP contribution in [-0.4, -0.2) is 47.6 Å². The minimum absolute atomic E-state index is 0.105. The lowest BCUT2D eigenvalue weighted by Crippen LogP contribution is -2.47. The zero-order valence-corrected chi connectivity index (χ0v) is 16.5. The van der Waals surface area contributed by atoms with Crippen LogP contribution < -0.4 is 5.32 Å². The first kappa shape index (κ1) is 19.2. The van der Waals surface area contributed by atoms with Crippen LogP contribution in [0.15, 0.2) is 60.8 Å². The van der Waals surface area contributed by atoms with Gasteiger partial charge in [-0.2, -0.15) is 0 Å². The summed E-state index contributed by atoms with van der Waals surface area (Å²) in [6.45, 7) is 4.92. The zero-order chi connectivity index (χ0) is 20.2. The maximum absolute atomic E-state index is 13.2. The number of aromatic nitrogens is 1. The molecule has 1 aromatic heterocycles. The Hall–Kier alpha value is -3.12. The van der Waals surface area contributed by atoms with Crippen LogP contribution in [0, 0.1) is 0 Å². The second kappa shape index (κ2) is 8.49. The van der Waals surface area contributed by atoms with E-state index in [-0.39, 0.29) is 11.8 Å². The van der Waals surface area contributed by atoms with Crippen LogP contribution in [0.5, 0.6) is 0 Å². The van der Waals surface area contributed by atoms with Crippen molar-refractivity contribution in [2.24, 2.45) is 0 Å². The molecule has 150 valence electrons. The molecule has 2 aromatic carbocycles. The van der Waals surface area contributed by atoms with Gasteiger partial charge in [0.05, 0.1) is 18.8 Å². The van der Waals surface area contributed by atoms with Gasteiger partial charge >= 0.3 is 0 Å². The molecule has 0 saturated carbocycles. The average Bonchev–Trinajstić information content (AvgIpc) is 3.17. The standard InChI is InChI=1S/C23H25N3O3/c1-2-25-16-19(18-10-6-7-11-20(18)25)22(27)24-21(17-8-4-3-5-9-17)23(28)26-12-14-29-15-13-26/h3-11,16,21H,2,12-15H2,1H3,(H,24,27)/t21-/m0/s1. The number of para-hydroxylation sites is 1. The summed E-state index contributed by atoms with van der Waals surface area (Å²) in [7, 11) is 0. The quantitative estimate of drug-likeness (QED) is 0.727. The fourth-order valence-electron chi connectivity index (χ4n) is 3.80. The molecule has 0 bridgehead atoms. The third-order valence-corrected chi connectivity index (χ3v) is 5.35. The van der Waals surface area contributed by atoms with E-state index in [1.165, 1.54) is 0 Å². The van der Waals surface area contributed by atoms with E-state index in [0.29, 0.717) is 31.9 Å². The molecule has 0 aliphatic carbocycles. The van der Waals surface area contributed by atoms with Gasteiger partial charge in [-0.15, -0.1) is 0 Å². The molecule has 6 heteroatoms. The van der Waals surface area contributed by atoms with Crippen molar-refractivity contribution in [2.45, 2.75) is 19.5 Å². The van der Waals surface area contributed by atoms with E-state index in [1.807, 2.05) is 72.3 Å². The van der Waals surface area contributed by atoms with E-state index >= 15 is 0 Å². The molecule has 6 nitrogen and oxygen atoms in total. The van der Waals surface area contributed by atoms with Crippen LogP contribution in [0.4, 0.5) is 0 Å². The Morgan fingerprint density at radius 2 is 1.72 bits per heavy atom. The minimum Gasteiger partial charge on any atom is -0.378 e. The molecule has 0 radical (unpaired) electrons. The van der Waals surface area contributed by atoms with Gasteiger partial charge in [-0.3, -0.25) is 9.59 Å². The normalized spacial score (nSPS) is 15.3. The molecule has 1 aliphatic heterocycles. The van der Waals surface area contributed by atoms with Gasteiger partial charge in [-0.1, -0.05) is 48.5 Å². The lowest BCUT2D eigenvalue weighted by atomic mass is 10.0. The number of aryl methyl sites for hydroxylation is 1. The molecular weight excluding hydrogens is 366 g/mol. The number of carbonyl (C=O) groups excluding carboxylic acids is 2. The first-order chi connectivity index (χ1) is 14.2. The third-order valence-electron chi connectivity index (χ3n) is 5.35. The topological polar surface area (TPSA) is 63.6 Å². The Bertz CT molecular complexity index is 1010. The number of hydrogen-bond donors (Lipinski definition) is 1. The Kier molecular flexibility index (Phi) is 5.62. The number of morpholine rings is 1. The van der Waals surface area contributed by atoms with Crippen molar-refractivity contribution in [1.82, 2.24) is 14.8 Å². The van der Waals surface area contributed by atoms with Gasteiger partial charge in [0.25, 0.3) is 5.91 Å². The lowest BCUT2D eigenvalue weighted by molar-refractivity contribution is -0.137. The summed E-state index contributed by atoms with van der Waals surface area (Å²) in [5.41, 5.74) is 2.37. The Morgan fingerprint density at radius 1 is 1.03 bits per heavy atom. The van der Waals surface area contributed by atoms with Crippen molar-refractivity contribution in [3.63, 3.8) is 0 Å². The molecule has 1 N–H and O–H groups in total. The maximum Gasteiger partial charge on any atom is 0.254 e. The maximum atomic E-state index is 13.2. The second-order valence-electron chi connectivity index (χ2n) is 7.10. The van der Waals surface area contributed by atoms with Crippen molar-refractivity contribution in [1.29, 1.82) is 0 Å². The molecule has 29 heavy (non-hydrogen) atoms. The van der Waals surface area contributed by atoms with Gasteiger partial charge in [0, 0.05) is 36.7 Å². The SMILES string of the molecule is CCn1cc(C(=O)N[C@H](C(=O)N2CCOCC2)c2ccccc2)c2ccccc21. The van der Waals surface area contributed by atoms with Crippen molar-refractivity contribution in [3.05, 3.63) is 71.9 Å². The van der Waals surface area contributed by atoms with Crippen molar-refractivity contribution in [3.8, 4) is 0 Å². The van der Waals surface area contributed by atoms with E-state index in [1.54, 1.807) is 4.90 Å². The van der Waals surface area contributed by atoms with Gasteiger partial charge in [0.1, 0.15) is 6.04 Å². The monoisotopic (exact) mass is 391 g/mol. The summed E-state index contributed by atoms with van der Waals surface area (Å²) in [6, 6.07) is 16.5. The average molecular weight is 391 g/mol. The van der Waals surface area contributed by atoms with E-state index < -0.39 is 6.04 Å². The van der Waals surface area contributed by atoms with Crippen molar-refractivity contribution >= 4 is 22.7 Å². The molecule has 1 saturated heterocycles. The summed E-state index contributed by atoms with van der Waals surface area (Å²) in [5.74, 6) is -0.351. The number of rotatable bonds is 5. The fourth-order valence-corrected chi connectivity index (χ4v) is 3.80. The highest BCUT2D eigenvalue weighted by molar-refractivity contribution is 6.08. The summed E-state index contributed by atoms with van der Waals surface area (Å²) < 4.78 is 7.41. The molecule has 2 heterocycles. The fraction of sp³-hybridized carbons (Fsp3) is 0.304. The molecule has 0 spiro atoms. The molecule has 3 aromatic rings. The van der Waals surface area contributed by atoms with Crippen LogP contribution in [0.1, 0.15) is 28.9 Å². The largest absolute Gasteiger partial charge is 0.378 e. The molecule has 1 atom stereocenters. The number of nitrogens with one attached hydrogen (secondary N) is 1. The highest BCUT2D eigenvalue weighted by Gasteiger charge is 2.29. The number of amides is 2. The minimum atomic E-state index is -0.731. The number of hydrogen-bond acceptors (Lipinski definition) is 3. The molecule has 2 amide bonds. The van der Waals surface area contributed by atoms with Crippen molar-refractivity contribution in [2.75, 3.05) is 26.3 Å². The first-order valence-electron chi connectivity index (χ1n) is 9.99. The van der Waals surface area contributed by atoms with Crippen LogP contribution in [-0.2, 0) is 16.1 Å². The van der Waals surface area contributed by atoms with E-state index in [0.717, 1.165) is 23.0 Å². The first-order valence-corrected chi connectivity index (χ1v) is 9.99. The molecule has 1 fully saturated rings. The number of ether oxygens (including phenoxy) is 1. The highest BCUT2D eigenvalue weighted by Crippen LogP contribution is 2.23. The number of fused-ring (bicyclic) bond motifs is 1. The van der Waals surface area contributed by atoms with E-state index in [9.17, 15) is 9.59 Å². The smallest absolute Gasteiger partial charge is 0.254 e. The third kappa shape index (κ3) is 3.89. The van der Waals surface area contributed by atoms with Crippen molar-refractivity contribution < 1.29 is 14.3 Å². The Balaban J connectivity index is 1.66. The summed E-state index contributed by atoms with van der Waals surface area (Å²) in [4.78, 5) is 28.2. The Morgan fingerprint density at radius 3 is 2.45 bits per heavy atom. The van der Waals surface area contributed by atoms with Crippen LogP contribution in [0.3, 0.4) is 0 Å². The van der Waals surface area contributed by atoms with Gasteiger partial charge in [-0.05, 0) is 18.6 Å². The highest BCUT2D eigenvalue weighted by atomic mass is 16.5. The van der Waals surface area contributed by atoms with Gasteiger partial charge < -0.3 is 19.5 Å². The molecule has 1 aliphatic rings. The van der Waals surface area contributed by atoms with E-state index in [2.05, 4.69) is 5.32 Å².